The molecule has 0 aromatic rings. The molecule has 0 radical (unpaired) electrons. The Kier molecular flexibility index (Phi) is 9.85. The molecule has 0 aromatic carbocycles. The molecule has 23 heavy (non-hydrogen) atoms. The van der Waals surface area contributed by atoms with Crippen molar-refractivity contribution in [1.82, 2.24) is 0 Å². The minimum Gasteiger partial charge on any atom is -0.542 e. The van der Waals surface area contributed by atoms with E-state index >= 15 is 0 Å². The Balaban J connectivity index is 5.46. The van der Waals surface area contributed by atoms with Crippen molar-refractivity contribution in [2.75, 3.05) is 6.61 Å². The Labute approximate surface area is 144 Å². The van der Waals surface area contributed by atoms with Crippen molar-refractivity contribution in [2.45, 2.75) is 78.8 Å². The van der Waals surface area contributed by atoms with Gasteiger partial charge in [0.15, 0.2) is 0 Å². The van der Waals surface area contributed by atoms with Crippen LogP contribution in [0.3, 0.4) is 0 Å². The van der Waals surface area contributed by atoms with Gasteiger partial charge in [-0.1, -0.05) is 19.8 Å². The summed E-state index contributed by atoms with van der Waals surface area (Å²) in [5.41, 5.74) is 0. The number of hydrogen-bond donors (Lipinski definition) is 0. The van der Waals surface area contributed by atoms with Crippen LogP contribution in [0.15, 0.2) is 23.6 Å². The first-order valence-corrected chi connectivity index (χ1v) is 15.4. The van der Waals surface area contributed by atoms with Crippen LogP contribution in [-0.2, 0) is 13.6 Å². The maximum Gasteiger partial charge on any atom is 0.306 e. The maximum atomic E-state index is 15.0. The Bertz CT molecular complexity index is 407. The van der Waals surface area contributed by atoms with Gasteiger partial charge in [-0.05, 0) is 65.1 Å². The third kappa shape index (κ3) is 11.4. The average Bonchev–Trinajstić information content (AvgIpc) is 2.38. The smallest absolute Gasteiger partial charge is 0.306 e. The van der Waals surface area contributed by atoms with Gasteiger partial charge in [0.1, 0.15) is 5.76 Å². The van der Waals surface area contributed by atoms with Crippen molar-refractivity contribution < 1.29 is 18.0 Å². The lowest BCUT2D eigenvalue weighted by atomic mass is 10.2. The van der Waals surface area contributed by atoms with Crippen molar-refractivity contribution in [3.8, 4) is 0 Å². The summed E-state index contributed by atoms with van der Waals surface area (Å²) in [6.07, 6.45) is 5.94. The van der Waals surface area contributed by atoms with Crippen LogP contribution in [0.2, 0.25) is 39.3 Å². The highest BCUT2D eigenvalue weighted by atomic mass is 28.4. The van der Waals surface area contributed by atoms with Crippen molar-refractivity contribution in [3.63, 3.8) is 0 Å². The lowest BCUT2D eigenvalue weighted by Crippen LogP contribution is -2.28. The predicted molar refractivity (Wildman–Crippen MR) is 101 cm³/mol. The molecule has 6 heteroatoms. The molecular weight excluding hydrogens is 327 g/mol. The molecule has 0 heterocycles. The molecule has 0 bridgehead atoms. The van der Waals surface area contributed by atoms with E-state index < -0.39 is 22.5 Å². The van der Waals surface area contributed by atoms with Crippen LogP contribution in [-0.4, -0.2) is 23.2 Å². The Morgan fingerprint density at radius 1 is 0.913 bits per heavy atom. The quantitative estimate of drug-likeness (QED) is 0.186. The maximum absolute atomic E-state index is 15.0. The van der Waals surface area contributed by atoms with Crippen LogP contribution < -0.4 is 0 Å². The van der Waals surface area contributed by atoms with E-state index in [1.165, 1.54) is 0 Å². The predicted octanol–water partition coefficient (Wildman–Crippen LogP) is 6.33. The van der Waals surface area contributed by atoms with E-state index in [0.717, 1.165) is 25.7 Å². The summed E-state index contributed by atoms with van der Waals surface area (Å²) in [6, 6.07) is 0. The summed E-state index contributed by atoms with van der Waals surface area (Å²) in [6.45, 7) is 16.5. The topological polar surface area (TPSA) is 27.7 Å². The molecule has 0 aliphatic rings. The van der Waals surface area contributed by atoms with Crippen LogP contribution >= 0.6 is 0 Å². The third-order valence-corrected chi connectivity index (χ3v) is 4.25. The summed E-state index contributed by atoms with van der Waals surface area (Å²) >= 11 is 0. The van der Waals surface area contributed by atoms with Gasteiger partial charge in [-0.2, -0.15) is 4.39 Å². The summed E-state index contributed by atoms with van der Waals surface area (Å²) in [5, 5.41) is 0. The molecule has 0 N–H and O–H groups in total. The molecule has 0 fully saturated rings. The molecule has 0 rings (SSSR count). The van der Waals surface area contributed by atoms with Gasteiger partial charge < -0.3 is 13.6 Å². The van der Waals surface area contributed by atoms with Crippen LogP contribution in [0.25, 0.3) is 0 Å². The fourth-order valence-corrected chi connectivity index (χ4v) is 3.32. The molecular formula is C17H35FO3Si2. The minimum atomic E-state index is -1.96. The van der Waals surface area contributed by atoms with E-state index in [0.29, 0.717) is 6.61 Å². The molecule has 0 amide bonds. The number of ether oxygens (including phenoxy) is 1. The second-order valence-corrected chi connectivity index (χ2v) is 16.4. The van der Waals surface area contributed by atoms with Crippen molar-refractivity contribution in [3.05, 3.63) is 23.6 Å². The zero-order valence-corrected chi connectivity index (χ0v) is 18.2. The second kappa shape index (κ2) is 10.2. The third-order valence-electron chi connectivity index (χ3n) is 2.62. The van der Waals surface area contributed by atoms with Crippen LogP contribution in [0.1, 0.15) is 39.5 Å². The number of unbranched alkanes of at least 4 members (excludes halogenated alkanes) is 3. The van der Waals surface area contributed by atoms with E-state index in [2.05, 4.69) is 6.92 Å². The molecule has 0 atom stereocenters. The number of hydrogen-bond acceptors (Lipinski definition) is 3. The van der Waals surface area contributed by atoms with E-state index in [4.69, 9.17) is 13.6 Å². The molecule has 3 nitrogen and oxygen atoms in total. The lowest BCUT2D eigenvalue weighted by molar-refractivity contribution is 0.0984. The van der Waals surface area contributed by atoms with Crippen molar-refractivity contribution in [1.29, 1.82) is 0 Å². The first-order valence-electron chi connectivity index (χ1n) is 8.61. The normalized spacial score (nSPS) is 14.4. The first kappa shape index (κ1) is 22.2. The molecule has 0 aliphatic carbocycles. The van der Waals surface area contributed by atoms with Crippen molar-refractivity contribution in [2.24, 2.45) is 0 Å². The fourth-order valence-electron chi connectivity index (χ4n) is 1.78. The highest BCUT2D eigenvalue weighted by Gasteiger charge is 2.27. The number of halogens is 1. The SMILES string of the molecule is CCCCC/C=C(O[Si](C)(C)C)\C(F)=C(\OCC)O[Si](C)(C)C. The summed E-state index contributed by atoms with van der Waals surface area (Å²) in [7, 11) is -3.88. The van der Waals surface area contributed by atoms with Gasteiger partial charge in [-0.3, -0.25) is 0 Å². The molecule has 136 valence electrons. The largest absolute Gasteiger partial charge is 0.542 e. The van der Waals surface area contributed by atoms with Gasteiger partial charge in [-0.25, -0.2) is 0 Å². The monoisotopic (exact) mass is 362 g/mol. The van der Waals surface area contributed by atoms with Crippen LogP contribution in [0.5, 0.6) is 0 Å². The lowest BCUT2D eigenvalue weighted by Gasteiger charge is -2.25. The van der Waals surface area contributed by atoms with E-state index in [-0.39, 0.29) is 11.7 Å². The Morgan fingerprint density at radius 2 is 1.48 bits per heavy atom. The zero-order valence-electron chi connectivity index (χ0n) is 16.2. The Morgan fingerprint density at radius 3 is 1.91 bits per heavy atom. The first-order chi connectivity index (χ1) is 10.5. The zero-order chi connectivity index (χ0) is 18.1. The highest BCUT2D eigenvalue weighted by Crippen LogP contribution is 2.26. The molecule has 0 saturated carbocycles. The number of allylic oxidation sites excluding steroid dienone is 2. The minimum absolute atomic E-state index is 0.0216. The fraction of sp³-hybridized carbons (Fsp3) is 0.765. The van der Waals surface area contributed by atoms with Crippen LogP contribution in [0, 0.1) is 0 Å². The standard InChI is InChI=1S/C17H35FO3Si2/c1-9-11-12-13-14-15(20-22(3,4)5)16(18)17(19-10-2)21-23(6,7)8/h14H,9-13H2,1-8H3/b15-14+,17-16+. The van der Waals surface area contributed by atoms with Crippen LogP contribution in [0.4, 0.5) is 4.39 Å². The molecule has 0 spiro atoms. The number of rotatable bonds is 11. The molecule has 0 aliphatic heterocycles. The summed E-state index contributed by atoms with van der Waals surface area (Å²) in [4.78, 5) is 0. The van der Waals surface area contributed by atoms with Crippen molar-refractivity contribution >= 4 is 16.6 Å². The van der Waals surface area contributed by atoms with Gasteiger partial charge in [0.25, 0.3) is 0 Å². The van der Waals surface area contributed by atoms with Gasteiger partial charge in [0, 0.05) is 0 Å². The van der Waals surface area contributed by atoms with Gasteiger partial charge in [-0.15, -0.1) is 0 Å². The second-order valence-electron chi connectivity index (χ2n) is 7.53. The summed E-state index contributed by atoms with van der Waals surface area (Å²) < 4.78 is 32.1. The van der Waals surface area contributed by atoms with Gasteiger partial charge >= 0.3 is 5.95 Å². The molecule has 0 aromatic heterocycles. The average molecular weight is 363 g/mol. The Hall–Kier alpha value is -0.756. The van der Waals surface area contributed by atoms with Gasteiger partial charge in [0.2, 0.25) is 22.5 Å². The van der Waals surface area contributed by atoms with Gasteiger partial charge in [0.05, 0.1) is 6.61 Å². The molecule has 0 unspecified atom stereocenters. The van der Waals surface area contributed by atoms with E-state index in [1.807, 2.05) is 52.3 Å². The highest BCUT2D eigenvalue weighted by molar-refractivity contribution is 6.70. The molecule has 0 saturated heterocycles. The van der Waals surface area contributed by atoms with E-state index in [9.17, 15) is 4.39 Å². The van der Waals surface area contributed by atoms with E-state index in [1.54, 1.807) is 0 Å². The summed E-state index contributed by atoms with van der Waals surface area (Å²) in [5.74, 6) is -0.248.